The van der Waals surface area contributed by atoms with Crippen LogP contribution >= 0.6 is 15.9 Å². The van der Waals surface area contributed by atoms with Gasteiger partial charge >= 0.3 is 0 Å². The van der Waals surface area contributed by atoms with Gasteiger partial charge in [-0.3, -0.25) is 0 Å². The first-order valence-electron chi connectivity index (χ1n) is 4.79. The summed E-state index contributed by atoms with van der Waals surface area (Å²) in [5.41, 5.74) is 6.53. The van der Waals surface area contributed by atoms with Crippen molar-refractivity contribution in [2.24, 2.45) is 5.73 Å². The lowest BCUT2D eigenvalue weighted by Gasteiger charge is -2.10. The number of ether oxygens (including phenoxy) is 3. The normalized spacial score (nSPS) is 12.6. The third-order valence-electron chi connectivity index (χ3n) is 2.16. The van der Waals surface area contributed by atoms with E-state index in [-0.39, 0.29) is 6.79 Å². The molecular weight excluding hydrogens is 274 g/mol. The average Bonchev–Trinajstić information content (AvgIpc) is 2.71. The van der Waals surface area contributed by atoms with Gasteiger partial charge in [-0.25, -0.2) is 0 Å². The van der Waals surface area contributed by atoms with Gasteiger partial charge < -0.3 is 19.9 Å². The number of nitrogens with two attached hydrogens (primary N) is 1. The van der Waals surface area contributed by atoms with E-state index in [4.69, 9.17) is 19.9 Å². The topological polar surface area (TPSA) is 53.7 Å². The van der Waals surface area contributed by atoms with Crippen LogP contribution < -0.4 is 19.9 Å². The van der Waals surface area contributed by atoms with Crippen LogP contribution in [0.2, 0.25) is 0 Å². The summed E-state index contributed by atoms with van der Waals surface area (Å²) in [6, 6.07) is 3.63. The van der Waals surface area contributed by atoms with E-state index in [1.54, 1.807) is 6.07 Å². The van der Waals surface area contributed by atoms with Crippen molar-refractivity contribution in [1.29, 1.82) is 0 Å². The molecular formula is C11H12BrNO3. The summed E-state index contributed by atoms with van der Waals surface area (Å²) >= 11 is 3.23. The summed E-state index contributed by atoms with van der Waals surface area (Å²) in [7, 11) is 0. The zero-order valence-corrected chi connectivity index (χ0v) is 10.2. The summed E-state index contributed by atoms with van der Waals surface area (Å²) in [5.74, 6) is 2.10. The van der Waals surface area contributed by atoms with Crippen molar-refractivity contribution in [2.75, 3.05) is 13.4 Å². The Bertz CT molecular complexity index is 420. The molecule has 0 saturated heterocycles. The van der Waals surface area contributed by atoms with E-state index in [2.05, 4.69) is 22.5 Å². The van der Waals surface area contributed by atoms with Gasteiger partial charge in [-0.2, -0.15) is 0 Å². The Morgan fingerprint density at radius 1 is 1.44 bits per heavy atom. The highest BCUT2D eigenvalue weighted by Gasteiger charge is 2.17. The molecule has 86 valence electrons. The first-order chi connectivity index (χ1) is 7.70. The van der Waals surface area contributed by atoms with E-state index in [1.165, 1.54) is 0 Å². The molecule has 4 nitrogen and oxygen atoms in total. The summed E-state index contributed by atoms with van der Waals surface area (Å²) in [6.07, 6.45) is 0. The van der Waals surface area contributed by atoms with Gasteiger partial charge in [0.2, 0.25) is 6.79 Å². The van der Waals surface area contributed by atoms with Gasteiger partial charge in [0.1, 0.15) is 12.4 Å². The Hall–Kier alpha value is -1.20. The highest BCUT2D eigenvalue weighted by molar-refractivity contribution is 9.11. The first-order valence-corrected chi connectivity index (χ1v) is 5.58. The minimum atomic E-state index is 0.244. The van der Waals surface area contributed by atoms with Crippen LogP contribution in [0.3, 0.4) is 0 Å². The number of benzene rings is 1. The predicted octanol–water partition coefficient (Wildman–Crippen LogP) is 2.16. The molecule has 1 heterocycles. The Labute approximate surface area is 102 Å². The molecule has 1 aromatic carbocycles. The molecule has 2 N–H and O–H groups in total. The molecule has 0 bridgehead atoms. The third kappa shape index (κ3) is 2.31. The second-order valence-corrected chi connectivity index (χ2v) is 4.44. The van der Waals surface area contributed by atoms with Crippen LogP contribution in [0.1, 0.15) is 5.56 Å². The van der Waals surface area contributed by atoms with Crippen LogP contribution in [0.5, 0.6) is 17.2 Å². The zero-order chi connectivity index (χ0) is 11.5. The molecule has 1 aromatic rings. The van der Waals surface area contributed by atoms with Crippen molar-refractivity contribution >= 4 is 15.9 Å². The molecule has 0 aliphatic carbocycles. The monoisotopic (exact) mass is 285 g/mol. The number of rotatable bonds is 4. The molecule has 2 rings (SSSR count). The van der Waals surface area contributed by atoms with Crippen LogP contribution in [0.15, 0.2) is 23.2 Å². The molecule has 0 amide bonds. The maximum absolute atomic E-state index is 5.64. The van der Waals surface area contributed by atoms with Crippen molar-refractivity contribution in [3.05, 3.63) is 28.8 Å². The van der Waals surface area contributed by atoms with Gasteiger partial charge in [0.05, 0.1) is 0 Å². The third-order valence-corrected chi connectivity index (χ3v) is 2.39. The molecule has 1 aliphatic rings. The Balaban J connectivity index is 2.25. The van der Waals surface area contributed by atoms with Crippen LogP contribution in [-0.2, 0) is 6.54 Å². The molecule has 5 heteroatoms. The van der Waals surface area contributed by atoms with Gasteiger partial charge in [-0.1, -0.05) is 22.5 Å². The van der Waals surface area contributed by atoms with Crippen molar-refractivity contribution in [2.45, 2.75) is 6.54 Å². The first kappa shape index (κ1) is 11.3. The van der Waals surface area contributed by atoms with Crippen LogP contribution in [0.4, 0.5) is 0 Å². The fourth-order valence-corrected chi connectivity index (χ4v) is 1.53. The van der Waals surface area contributed by atoms with E-state index in [9.17, 15) is 0 Å². The summed E-state index contributed by atoms with van der Waals surface area (Å²) in [6.45, 7) is 4.73. The molecule has 0 radical (unpaired) electrons. The van der Waals surface area contributed by atoms with Crippen molar-refractivity contribution in [1.82, 2.24) is 0 Å². The largest absolute Gasteiger partial charge is 0.488 e. The second-order valence-electron chi connectivity index (χ2n) is 3.32. The Morgan fingerprint density at radius 2 is 2.12 bits per heavy atom. The number of hydrogen-bond donors (Lipinski definition) is 1. The highest BCUT2D eigenvalue weighted by Crippen LogP contribution is 2.38. The van der Waals surface area contributed by atoms with Gasteiger partial charge in [0, 0.05) is 22.7 Å². The zero-order valence-electron chi connectivity index (χ0n) is 8.66. The van der Waals surface area contributed by atoms with E-state index >= 15 is 0 Å². The summed E-state index contributed by atoms with van der Waals surface area (Å²) in [5, 5.41) is 0. The minimum Gasteiger partial charge on any atom is -0.488 e. The fourth-order valence-electron chi connectivity index (χ4n) is 1.42. The molecule has 0 unspecified atom stereocenters. The Kier molecular flexibility index (Phi) is 3.36. The van der Waals surface area contributed by atoms with Gasteiger partial charge in [-0.05, 0) is 6.07 Å². The molecule has 0 saturated carbocycles. The van der Waals surface area contributed by atoms with Crippen molar-refractivity contribution < 1.29 is 14.2 Å². The second kappa shape index (κ2) is 4.76. The Morgan fingerprint density at radius 3 is 2.75 bits per heavy atom. The maximum atomic E-state index is 5.64. The lowest BCUT2D eigenvalue weighted by molar-refractivity contribution is 0.174. The van der Waals surface area contributed by atoms with E-state index < -0.39 is 0 Å². The number of halogens is 1. The van der Waals surface area contributed by atoms with E-state index in [0.29, 0.717) is 30.4 Å². The lowest BCUT2D eigenvalue weighted by atomic mass is 10.2. The maximum Gasteiger partial charge on any atom is 0.231 e. The van der Waals surface area contributed by atoms with Gasteiger partial charge in [0.15, 0.2) is 11.5 Å². The molecule has 1 aliphatic heterocycles. The van der Waals surface area contributed by atoms with Crippen LogP contribution in [-0.4, -0.2) is 13.4 Å². The summed E-state index contributed by atoms with van der Waals surface area (Å²) < 4.78 is 16.9. The van der Waals surface area contributed by atoms with Crippen LogP contribution in [0, 0.1) is 0 Å². The molecule has 0 fully saturated rings. The SMILES string of the molecule is C=C(Br)COc1cc2c(cc1CN)OCO2. The van der Waals surface area contributed by atoms with E-state index in [0.717, 1.165) is 10.0 Å². The summed E-state index contributed by atoms with van der Waals surface area (Å²) in [4.78, 5) is 0. The van der Waals surface area contributed by atoms with E-state index in [1.807, 2.05) is 6.07 Å². The molecule has 16 heavy (non-hydrogen) atoms. The standard InChI is InChI=1S/C11H12BrNO3/c1-7(12)5-14-9-3-11-10(15-6-16-11)2-8(9)4-13/h2-3H,1,4-6,13H2. The molecule has 0 atom stereocenters. The van der Waals surface area contributed by atoms with Crippen LogP contribution in [0.25, 0.3) is 0 Å². The van der Waals surface area contributed by atoms with Gasteiger partial charge in [0.25, 0.3) is 0 Å². The quantitative estimate of drug-likeness (QED) is 0.921. The minimum absolute atomic E-state index is 0.244. The smallest absolute Gasteiger partial charge is 0.231 e. The fraction of sp³-hybridized carbons (Fsp3) is 0.273. The average molecular weight is 286 g/mol. The van der Waals surface area contributed by atoms with Gasteiger partial charge in [-0.15, -0.1) is 0 Å². The van der Waals surface area contributed by atoms with Crippen molar-refractivity contribution in [3.8, 4) is 17.2 Å². The number of hydrogen-bond acceptors (Lipinski definition) is 4. The molecule has 0 spiro atoms. The molecule has 0 aromatic heterocycles. The highest BCUT2D eigenvalue weighted by atomic mass is 79.9. The number of fused-ring (bicyclic) bond motifs is 1. The van der Waals surface area contributed by atoms with Crippen molar-refractivity contribution in [3.63, 3.8) is 0 Å². The lowest BCUT2D eigenvalue weighted by Crippen LogP contribution is -2.03. The predicted molar refractivity (Wildman–Crippen MR) is 64.0 cm³/mol.